The molecule has 106 valence electrons. The van der Waals surface area contributed by atoms with Crippen molar-refractivity contribution < 1.29 is 4.21 Å². The third-order valence-electron chi connectivity index (χ3n) is 3.87. The van der Waals surface area contributed by atoms with Crippen LogP contribution in [0.25, 0.3) is 0 Å². The van der Waals surface area contributed by atoms with E-state index in [1.807, 2.05) is 12.1 Å². The molecule has 0 radical (unpaired) electrons. The molecular formula is C15H22ClNOS. The Labute approximate surface area is 123 Å². The maximum absolute atomic E-state index is 11.7. The van der Waals surface area contributed by atoms with Crippen molar-refractivity contribution in [2.45, 2.75) is 37.0 Å². The normalized spacial score (nSPS) is 19.5. The minimum atomic E-state index is -1.01. The SMILES string of the molecule is CCCN1CCC(c2cccc(S(C)=O)c2Cl)CC1. The second-order valence-electron chi connectivity index (χ2n) is 5.23. The Bertz CT molecular complexity index is 455. The second-order valence-corrected chi connectivity index (χ2v) is 6.96. The smallest absolute Gasteiger partial charge is 0.0602 e. The Balaban J connectivity index is 2.11. The number of piperidine rings is 1. The van der Waals surface area contributed by atoms with E-state index in [0.29, 0.717) is 5.92 Å². The van der Waals surface area contributed by atoms with Gasteiger partial charge in [-0.1, -0.05) is 30.7 Å². The highest BCUT2D eigenvalue weighted by atomic mass is 35.5. The Morgan fingerprint density at radius 1 is 1.37 bits per heavy atom. The lowest BCUT2D eigenvalue weighted by atomic mass is 9.89. The molecule has 1 atom stereocenters. The van der Waals surface area contributed by atoms with Crippen LogP contribution < -0.4 is 0 Å². The molecule has 1 aromatic rings. The van der Waals surface area contributed by atoms with E-state index in [2.05, 4.69) is 17.9 Å². The summed E-state index contributed by atoms with van der Waals surface area (Å²) in [5, 5.41) is 0.720. The van der Waals surface area contributed by atoms with Crippen LogP contribution >= 0.6 is 11.6 Å². The molecule has 2 nitrogen and oxygen atoms in total. The van der Waals surface area contributed by atoms with Crippen molar-refractivity contribution in [1.82, 2.24) is 4.90 Å². The Morgan fingerprint density at radius 2 is 2.05 bits per heavy atom. The number of nitrogens with zero attached hydrogens (tertiary/aromatic N) is 1. The fourth-order valence-corrected chi connectivity index (χ4v) is 4.10. The van der Waals surface area contributed by atoms with Crippen LogP contribution in [-0.4, -0.2) is 35.0 Å². The van der Waals surface area contributed by atoms with Gasteiger partial charge in [-0.05, 0) is 56.4 Å². The van der Waals surface area contributed by atoms with Crippen LogP contribution in [0, 0.1) is 0 Å². The summed E-state index contributed by atoms with van der Waals surface area (Å²) in [6, 6.07) is 5.95. The average molecular weight is 300 g/mol. The lowest BCUT2D eigenvalue weighted by Crippen LogP contribution is -2.33. The van der Waals surface area contributed by atoms with Gasteiger partial charge in [0.15, 0.2) is 0 Å². The molecule has 0 N–H and O–H groups in total. The average Bonchev–Trinajstić information content (AvgIpc) is 2.40. The van der Waals surface area contributed by atoms with Crippen LogP contribution in [0.15, 0.2) is 23.1 Å². The third-order valence-corrected chi connectivity index (χ3v) is 5.36. The van der Waals surface area contributed by atoms with Crippen LogP contribution in [0.3, 0.4) is 0 Å². The number of rotatable bonds is 4. The van der Waals surface area contributed by atoms with Gasteiger partial charge < -0.3 is 4.90 Å². The highest BCUT2D eigenvalue weighted by Gasteiger charge is 2.23. The van der Waals surface area contributed by atoms with Gasteiger partial charge in [0.1, 0.15) is 0 Å². The van der Waals surface area contributed by atoms with E-state index in [9.17, 15) is 4.21 Å². The zero-order valence-corrected chi connectivity index (χ0v) is 13.3. The zero-order chi connectivity index (χ0) is 13.8. The van der Waals surface area contributed by atoms with E-state index in [4.69, 9.17) is 11.6 Å². The summed E-state index contributed by atoms with van der Waals surface area (Å²) in [5.74, 6) is 0.518. The van der Waals surface area contributed by atoms with E-state index in [1.165, 1.54) is 18.5 Å². The van der Waals surface area contributed by atoms with Crippen molar-refractivity contribution in [2.24, 2.45) is 0 Å². The molecule has 0 saturated carbocycles. The zero-order valence-electron chi connectivity index (χ0n) is 11.7. The molecule has 1 aromatic carbocycles. The summed E-state index contributed by atoms with van der Waals surface area (Å²) >= 11 is 6.43. The molecule has 0 bridgehead atoms. The molecule has 1 unspecified atom stereocenters. The van der Waals surface area contributed by atoms with E-state index in [1.54, 1.807) is 6.26 Å². The van der Waals surface area contributed by atoms with Gasteiger partial charge in [0.05, 0.1) is 20.7 Å². The van der Waals surface area contributed by atoms with Gasteiger partial charge >= 0.3 is 0 Å². The quantitative estimate of drug-likeness (QED) is 0.845. The minimum absolute atomic E-state index is 0.518. The number of hydrogen-bond acceptors (Lipinski definition) is 2. The summed E-state index contributed by atoms with van der Waals surface area (Å²) in [6.07, 6.45) is 5.21. The summed E-state index contributed by atoms with van der Waals surface area (Å²) in [4.78, 5) is 3.29. The highest BCUT2D eigenvalue weighted by molar-refractivity contribution is 7.84. The van der Waals surface area contributed by atoms with Gasteiger partial charge in [-0.15, -0.1) is 0 Å². The molecule has 0 aliphatic carbocycles. The number of benzene rings is 1. The van der Waals surface area contributed by atoms with Gasteiger partial charge in [0.25, 0.3) is 0 Å². The molecule has 0 spiro atoms. The number of hydrogen-bond donors (Lipinski definition) is 0. The van der Waals surface area contributed by atoms with Crippen LogP contribution in [-0.2, 0) is 10.8 Å². The fourth-order valence-electron chi connectivity index (χ4n) is 2.85. The predicted molar refractivity (Wildman–Crippen MR) is 82.5 cm³/mol. The largest absolute Gasteiger partial charge is 0.303 e. The summed E-state index contributed by atoms with van der Waals surface area (Å²) in [5.41, 5.74) is 1.19. The fraction of sp³-hybridized carbons (Fsp3) is 0.600. The van der Waals surface area contributed by atoms with Crippen molar-refractivity contribution in [1.29, 1.82) is 0 Å². The van der Waals surface area contributed by atoms with Crippen LogP contribution in [0.4, 0.5) is 0 Å². The molecule has 1 saturated heterocycles. The van der Waals surface area contributed by atoms with E-state index < -0.39 is 10.8 Å². The Kier molecular flexibility index (Phi) is 5.43. The van der Waals surface area contributed by atoms with Crippen molar-refractivity contribution in [3.8, 4) is 0 Å². The standard InChI is InChI=1S/C15H22ClNOS/c1-3-9-17-10-7-12(8-11-17)13-5-4-6-14(15(13)16)19(2)18/h4-6,12H,3,7-11H2,1-2H3. The monoisotopic (exact) mass is 299 g/mol. The van der Waals surface area contributed by atoms with Gasteiger partial charge in [-0.2, -0.15) is 0 Å². The minimum Gasteiger partial charge on any atom is -0.303 e. The maximum Gasteiger partial charge on any atom is 0.0602 e. The molecule has 0 amide bonds. The van der Waals surface area contributed by atoms with Crippen LogP contribution in [0.1, 0.15) is 37.7 Å². The van der Waals surface area contributed by atoms with Gasteiger partial charge in [-0.3, -0.25) is 4.21 Å². The first kappa shape index (κ1) is 15.0. The van der Waals surface area contributed by atoms with E-state index in [0.717, 1.165) is 35.8 Å². The van der Waals surface area contributed by atoms with Crippen molar-refractivity contribution in [3.05, 3.63) is 28.8 Å². The highest BCUT2D eigenvalue weighted by Crippen LogP contribution is 2.35. The summed E-state index contributed by atoms with van der Waals surface area (Å²) in [7, 11) is -1.01. The van der Waals surface area contributed by atoms with Crippen LogP contribution in [0.5, 0.6) is 0 Å². The molecule has 2 rings (SSSR count). The maximum atomic E-state index is 11.7. The topological polar surface area (TPSA) is 20.3 Å². The molecule has 1 aliphatic heterocycles. The van der Waals surface area contributed by atoms with Crippen molar-refractivity contribution in [3.63, 3.8) is 0 Å². The lowest BCUT2D eigenvalue weighted by molar-refractivity contribution is 0.212. The Morgan fingerprint density at radius 3 is 2.63 bits per heavy atom. The third kappa shape index (κ3) is 3.59. The van der Waals surface area contributed by atoms with Gasteiger partial charge in [-0.25, -0.2) is 0 Å². The Hall–Kier alpha value is -0.380. The van der Waals surface area contributed by atoms with Gasteiger partial charge in [0.2, 0.25) is 0 Å². The molecule has 1 fully saturated rings. The molecule has 1 heterocycles. The molecule has 19 heavy (non-hydrogen) atoms. The molecule has 1 aliphatic rings. The summed E-state index contributed by atoms with van der Waals surface area (Å²) < 4.78 is 11.7. The molecule has 0 aromatic heterocycles. The molecular weight excluding hydrogens is 278 g/mol. The van der Waals surface area contributed by atoms with Gasteiger partial charge in [0, 0.05) is 6.26 Å². The van der Waals surface area contributed by atoms with Crippen molar-refractivity contribution >= 4 is 22.4 Å². The second kappa shape index (κ2) is 6.87. The van der Waals surface area contributed by atoms with E-state index in [-0.39, 0.29) is 0 Å². The van der Waals surface area contributed by atoms with E-state index >= 15 is 0 Å². The first-order valence-electron chi connectivity index (χ1n) is 6.97. The number of halogens is 1. The predicted octanol–water partition coefficient (Wildman–Crippen LogP) is 3.67. The van der Waals surface area contributed by atoms with Crippen molar-refractivity contribution in [2.75, 3.05) is 25.9 Å². The lowest BCUT2D eigenvalue weighted by Gasteiger charge is -2.32. The number of likely N-dealkylation sites (tertiary alicyclic amines) is 1. The van der Waals surface area contributed by atoms with Crippen LogP contribution in [0.2, 0.25) is 5.02 Å². The summed E-state index contributed by atoms with van der Waals surface area (Å²) in [6.45, 7) is 5.71. The molecule has 4 heteroatoms. The first-order chi connectivity index (χ1) is 9.13. The first-order valence-corrected chi connectivity index (χ1v) is 8.91.